The summed E-state index contributed by atoms with van der Waals surface area (Å²) in [5.74, 6) is 5.22. The maximum atomic E-state index is 12.1. The Bertz CT molecular complexity index is 570. The van der Waals surface area contributed by atoms with Crippen molar-refractivity contribution in [2.45, 2.75) is 32.4 Å². The van der Waals surface area contributed by atoms with Gasteiger partial charge in [0.1, 0.15) is 12.6 Å². The van der Waals surface area contributed by atoms with Crippen molar-refractivity contribution in [2.75, 3.05) is 6.61 Å². The van der Waals surface area contributed by atoms with E-state index in [0.717, 1.165) is 16.2 Å². The summed E-state index contributed by atoms with van der Waals surface area (Å²) in [5.41, 5.74) is 0. The molecule has 1 fully saturated rings. The van der Waals surface area contributed by atoms with Gasteiger partial charge in [-0.15, -0.1) is 11.3 Å². The molecule has 1 saturated heterocycles. The van der Waals surface area contributed by atoms with Crippen LogP contribution in [0.4, 0.5) is 4.79 Å². The fraction of sp³-hybridized carbons (Fsp3) is 0.429. The minimum Gasteiger partial charge on any atom is -0.384 e. The Kier molecular flexibility index (Phi) is 4.77. The van der Waals surface area contributed by atoms with Crippen molar-refractivity contribution in [3.8, 4) is 11.8 Å². The Labute approximate surface area is 121 Å². The van der Waals surface area contributed by atoms with E-state index in [0.29, 0.717) is 6.42 Å². The van der Waals surface area contributed by atoms with Crippen LogP contribution in [0.3, 0.4) is 0 Å². The third kappa shape index (κ3) is 3.18. The lowest BCUT2D eigenvalue weighted by Gasteiger charge is -2.11. The fourth-order valence-electron chi connectivity index (χ4n) is 2.02. The molecule has 0 saturated carbocycles. The predicted molar refractivity (Wildman–Crippen MR) is 76.1 cm³/mol. The van der Waals surface area contributed by atoms with Crippen LogP contribution in [0.1, 0.15) is 29.5 Å². The highest BCUT2D eigenvalue weighted by molar-refractivity contribution is 7.12. The molecule has 5 nitrogen and oxygen atoms in total. The van der Waals surface area contributed by atoms with Crippen molar-refractivity contribution in [2.24, 2.45) is 0 Å². The number of urea groups is 1. The van der Waals surface area contributed by atoms with Gasteiger partial charge in [-0.1, -0.05) is 25.2 Å². The van der Waals surface area contributed by atoms with E-state index in [9.17, 15) is 9.59 Å². The van der Waals surface area contributed by atoms with Crippen LogP contribution in [-0.2, 0) is 11.3 Å². The monoisotopic (exact) mass is 292 g/mol. The number of imide groups is 1. The van der Waals surface area contributed by atoms with Crippen LogP contribution in [0.15, 0.2) is 12.1 Å². The predicted octanol–water partition coefficient (Wildman–Crippen LogP) is 1.31. The van der Waals surface area contributed by atoms with E-state index in [1.54, 1.807) is 0 Å². The summed E-state index contributed by atoms with van der Waals surface area (Å²) >= 11 is 1.42. The van der Waals surface area contributed by atoms with E-state index in [4.69, 9.17) is 5.11 Å². The molecular weight excluding hydrogens is 276 g/mol. The summed E-state index contributed by atoms with van der Waals surface area (Å²) in [6.45, 7) is 2.07. The van der Waals surface area contributed by atoms with Crippen molar-refractivity contribution < 1.29 is 14.7 Å². The minimum atomic E-state index is -0.388. The number of hydrogen-bond donors (Lipinski definition) is 2. The molecule has 1 unspecified atom stereocenters. The SMILES string of the molecule is CCCC1NC(=O)N(Cc2ccc(C#CCO)s2)C1=O. The van der Waals surface area contributed by atoms with Gasteiger partial charge in [-0.3, -0.25) is 9.69 Å². The van der Waals surface area contributed by atoms with Gasteiger partial charge in [0.15, 0.2) is 0 Å². The van der Waals surface area contributed by atoms with E-state index in [1.165, 1.54) is 16.2 Å². The summed E-state index contributed by atoms with van der Waals surface area (Å²) in [7, 11) is 0. The molecule has 2 heterocycles. The van der Waals surface area contributed by atoms with Crippen LogP contribution in [0.5, 0.6) is 0 Å². The molecule has 3 amide bonds. The molecular formula is C14H16N2O3S. The standard InChI is InChI=1S/C14H16N2O3S/c1-2-4-12-13(18)16(14(19)15-12)9-11-7-6-10(20-11)5-3-8-17/h6-7,12,17H,2,4,8-9H2,1H3,(H,15,19). The average Bonchev–Trinajstić information content (AvgIpc) is 2.98. The smallest absolute Gasteiger partial charge is 0.325 e. The van der Waals surface area contributed by atoms with Gasteiger partial charge in [0.05, 0.1) is 11.4 Å². The zero-order chi connectivity index (χ0) is 14.5. The number of hydrogen-bond acceptors (Lipinski definition) is 4. The molecule has 6 heteroatoms. The number of carbonyl (C=O) groups excluding carboxylic acids is 2. The summed E-state index contributed by atoms with van der Waals surface area (Å²) in [6, 6.07) is 2.95. The number of nitrogens with one attached hydrogen (secondary N) is 1. The third-order valence-electron chi connectivity index (χ3n) is 2.95. The first-order chi connectivity index (χ1) is 9.65. The number of amides is 3. The number of rotatable bonds is 4. The van der Waals surface area contributed by atoms with Gasteiger partial charge in [-0.05, 0) is 18.6 Å². The number of thiophene rings is 1. The summed E-state index contributed by atoms with van der Waals surface area (Å²) in [5, 5.41) is 11.3. The fourth-order valence-corrected chi connectivity index (χ4v) is 2.89. The zero-order valence-corrected chi connectivity index (χ0v) is 12.0. The van der Waals surface area contributed by atoms with Gasteiger partial charge in [-0.2, -0.15) is 0 Å². The van der Waals surface area contributed by atoms with E-state index in [1.807, 2.05) is 19.1 Å². The minimum absolute atomic E-state index is 0.159. The van der Waals surface area contributed by atoms with E-state index in [2.05, 4.69) is 17.2 Å². The quantitative estimate of drug-likeness (QED) is 0.649. The molecule has 1 aliphatic heterocycles. The number of nitrogens with zero attached hydrogens (tertiary/aromatic N) is 1. The normalized spacial score (nSPS) is 17.9. The van der Waals surface area contributed by atoms with E-state index in [-0.39, 0.29) is 31.1 Å². The van der Waals surface area contributed by atoms with Crippen LogP contribution in [0.2, 0.25) is 0 Å². The second-order valence-corrected chi connectivity index (χ2v) is 5.61. The Balaban J connectivity index is 2.04. The van der Waals surface area contributed by atoms with Crippen LogP contribution >= 0.6 is 11.3 Å². The molecule has 0 aromatic carbocycles. The molecule has 2 rings (SSSR count). The number of aliphatic hydroxyl groups is 1. The van der Waals surface area contributed by atoms with Gasteiger partial charge < -0.3 is 10.4 Å². The van der Waals surface area contributed by atoms with Crippen LogP contribution < -0.4 is 5.32 Å². The van der Waals surface area contributed by atoms with E-state index >= 15 is 0 Å². The first-order valence-electron chi connectivity index (χ1n) is 6.46. The first kappa shape index (κ1) is 14.6. The van der Waals surface area contributed by atoms with Crippen LogP contribution in [0.25, 0.3) is 0 Å². The highest BCUT2D eigenvalue weighted by Gasteiger charge is 2.37. The molecule has 0 spiro atoms. The molecule has 1 aromatic heterocycles. The molecule has 2 N–H and O–H groups in total. The second-order valence-electron chi connectivity index (χ2n) is 4.44. The maximum Gasteiger partial charge on any atom is 0.325 e. The lowest BCUT2D eigenvalue weighted by atomic mass is 10.2. The summed E-state index contributed by atoms with van der Waals surface area (Å²) < 4.78 is 0. The molecule has 106 valence electrons. The number of aliphatic hydroxyl groups excluding tert-OH is 1. The van der Waals surface area contributed by atoms with Crippen molar-refractivity contribution in [1.82, 2.24) is 10.2 Å². The Hall–Kier alpha value is -1.84. The van der Waals surface area contributed by atoms with Crippen LogP contribution in [0, 0.1) is 11.8 Å². The first-order valence-corrected chi connectivity index (χ1v) is 7.27. The summed E-state index contributed by atoms with van der Waals surface area (Å²) in [4.78, 5) is 26.8. The molecule has 0 bridgehead atoms. The van der Waals surface area contributed by atoms with Gasteiger partial charge in [0.25, 0.3) is 5.91 Å². The topological polar surface area (TPSA) is 69.6 Å². The average molecular weight is 292 g/mol. The van der Waals surface area contributed by atoms with Gasteiger partial charge in [0, 0.05) is 4.88 Å². The second kappa shape index (κ2) is 6.55. The summed E-state index contributed by atoms with van der Waals surface area (Å²) in [6.07, 6.45) is 1.52. The highest BCUT2D eigenvalue weighted by atomic mass is 32.1. The van der Waals surface area contributed by atoms with Crippen LogP contribution in [-0.4, -0.2) is 34.6 Å². The van der Waals surface area contributed by atoms with Crippen molar-refractivity contribution in [1.29, 1.82) is 0 Å². The van der Waals surface area contributed by atoms with Gasteiger partial charge in [-0.25, -0.2) is 4.79 Å². The Morgan fingerprint density at radius 1 is 1.45 bits per heavy atom. The van der Waals surface area contributed by atoms with Crippen molar-refractivity contribution in [3.63, 3.8) is 0 Å². The van der Waals surface area contributed by atoms with E-state index < -0.39 is 0 Å². The largest absolute Gasteiger partial charge is 0.384 e. The van der Waals surface area contributed by atoms with Crippen molar-refractivity contribution >= 4 is 23.3 Å². The maximum absolute atomic E-state index is 12.1. The molecule has 0 aliphatic carbocycles. The lowest BCUT2D eigenvalue weighted by molar-refractivity contribution is -0.127. The molecule has 1 aromatic rings. The third-order valence-corrected chi connectivity index (χ3v) is 3.94. The lowest BCUT2D eigenvalue weighted by Crippen LogP contribution is -2.30. The highest BCUT2D eigenvalue weighted by Crippen LogP contribution is 2.20. The van der Waals surface area contributed by atoms with Gasteiger partial charge in [0.2, 0.25) is 0 Å². The molecule has 0 radical (unpaired) electrons. The Morgan fingerprint density at radius 3 is 2.95 bits per heavy atom. The van der Waals surface area contributed by atoms with Gasteiger partial charge >= 0.3 is 6.03 Å². The molecule has 20 heavy (non-hydrogen) atoms. The Morgan fingerprint density at radius 2 is 2.25 bits per heavy atom. The molecule has 1 aliphatic rings. The number of carbonyl (C=O) groups is 2. The van der Waals surface area contributed by atoms with Crippen molar-refractivity contribution in [3.05, 3.63) is 21.9 Å². The zero-order valence-electron chi connectivity index (χ0n) is 11.2. The molecule has 1 atom stereocenters.